The van der Waals surface area contributed by atoms with Gasteiger partial charge in [0.05, 0.1) is 21.6 Å². The minimum Gasteiger partial charge on any atom is -0.324 e. The minimum atomic E-state index is -0.563. The van der Waals surface area contributed by atoms with Gasteiger partial charge in [-0.15, -0.1) is 0 Å². The molecule has 1 heterocycles. The lowest BCUT2D eigenvalue weighted by Crippen LogP contribution is -2.28. The largest absolute Gasteiger partial charge is 0.324 e. The third-order valence-corrected chi connectivity index (χ3v) is 4.90. The molecule has 1 atom stereocenters. The van der Waals surface area contributed by atoms with Gasteiger partial charge in [-0.25, -0.2) is 0 Å². The Hall–Kier alpha value is -2.93. The zero-order valence-corrected chi connectivity index (χ0v) is 15.4. The first kappa shape index (κ1) is 18.8. The number of nitro groups is 1. The summed E-state index contributed by atoms with van der Waals surface area (Å²) >= 11 is 6.02. The molecule has 7 nitrogen and oxygen atoms in total. The molecule has 2 aromatic rings. The molecule has 1 unspecified atom stereocenters. The van der Waals surface area contributed by atoms with Gasteiger partial charge in [0.1, 0.15) is 0 Å². The summed E-state index contributed by atoms with van der Waals surface area (Å²) in [6, 6.07) is 11.5. The Bertz CT molecular complexity index is 898. The number of hydrogen-bond acceptors (Lipinski definition) is 4. The van der Waals surface area contributed by atoms with Gasteiger partial charge in [-0.3, -0.25) is 19.7 Å². The lowest BCUT2D eigenvalue weighted by molar-refractivity contribution is -0.384. The van der Waals surface area contributed by atoms with E-state index >= 15 is 0 Å². The molecule has 140 valence electrons. The summed E-state index contributed by atoms with van der Waals surface area (Å²) in [7, 11) is 0. The van der Waals surface area contributed by atoms with Crippen LogP contribution >= 0.6 is 11.6 Å². The molecule has 1 aliphatic heterocycles. The highest BCUT2D eigenvalue weighted by Crippen LogP contribution is 2.30. The molecule has 3 rings (SSSR count). The summed E-state index contributed by atoms with van der Waals surface area (Å²) < 4.78 is 0. The van der Waals surface area contributed by atoms with Crippen molar-refractivity contribution in [1.82, 2.24) is 0 Å². The number of carbonyl (C=O) groups excluding carboxylic acids is 2. The van der Waals surface area contributed by atoms with Gasteiger partial charge in [-0.2, -0.15) is 0 Å². The van der Waals surface area contributed by atoms with Crippen molar-refractivity contribution in [3.05, 3.63) is 63.2 Å². The Morgan fingerprint density at radius 3 is 2.63 bits per heavy atom. The van der Waals surface area contributed by atoms with Crippen LogP contribution in [-0.2, 0) is 16.0 Å². The predicted octanol–water partition coefficient (Wildman–Crippen LogP) is 3.80. The SMILES string of the molecule is CCc1ccc(N2CC(C(=O)Nc3cc([N+](=O)[O-])ccc3Cl)CC2=O)cc1. The number of benzene rings is 2. The lowest BCUT2D eigenvalue weighted by atomic mass is 10.1. The van der Waals surface area contributed by atoms with Crippen molar-refractivity contribution >= 4 is 40.5 Å². The van der Waals surface area contributed by atoms with E-state index in [1.54, 1.807) is 4.90 Å². The van der Waals surface area contributed by atoms with Crippen LogP contribution in [0.15, 0.2) is 42.5 Å². The van der Waals surface area contributed by atoms with E-state index in [2.05, 4.69) is 12.2 Å². The van der Waals surface area contributed by atoms with Crippen molar-refractivity contribution in [2.24, 2.45) is 5.92 Å². The lowest BCUT2D eigenvalue weighted by Gasteiger charge is -2.17. The molecule has 1 aliphatic rings. The molecule has 2 amide bonds. The smallest absolute Gasteiger partial charge is 0.271 e. The Morgan fingerprint density at radius 2 is 2.00 bits per heavy atom. The van der Waals surface area contributed by atoms with Crippen LogP contribution in [0.1, 0.15) is 18.9 Å². The predicted molar refractivity (Wildman–Crippen MR) is 103 cm³/mol. The van der Waals surface area contributed by atoms with Crippen LogP contribution in [-0.4, -0.2) is 23.3 Å². The molecule has 0 aromatic heterocycles. The second kappa shape index (κ2) is 7.75. The van der Waals surface area contributed by atoms with Crippen LogP contribution in [0.5, 0.6) is 0 Å². The van der Waals surface area contributed by atoms with Gasteiger partial charge in [-0.05, 0) is 30.2 Å². The maximum absolute atomic E-state index is 12.6. The summed E-state index contributed by atoms with van der Waals surface area (Å²) in [6.45, 7) is 2.30. The zero-order chi connectivity index (χ0) is 19.6. The van der Waals surface area contributed by atoms with Crippen LogP contribution in [0.25, 0.3) is 0 Å². The number of carbonyl (C=O) groups is 2. The second-order valence-electron chi connectivity index (χ2n) is 6.34. The summed E-state index contributed by atoms with van der Waals surface area (Å²) in [6.07, 6.45) is 0.983. The monoisotopic (exact) mass is 387 g/mol. The fourth-order valence-electron chi connectivity index (χ4n) is 3.00. The molecule has 27 heavy (non-hydrogen) atoms. The average molecular weight is 388 g/mol. The number of hydrogen-bond donors (Lipinski definition) is 1. The van der Waals surface area contributed by atoms with E-state index in [9.17, 15) is 19.7 Å². The summed E-state index contributed by atoms with van der Waals surface area (Å²) in [5.74, 6) is -1.08. The van der Waals surface area contributed by atoms with Gasteiger partial charge in [0.15, 0.2) is 0 Å². The van der Waals surface area contributed by atoms with Crippen LogP contribution in [0, 0.1) is 16.0 Å². The number of aryl methyl sites for hydroxylation is 1. The molecule has 2 aromatic carbocycles. The Balaban J connectivity index is 1.72. The molecule has 0 bridgehead atoms. The summed E-state index contributed by atoms with van der Waals surface area (Å²) in [5, 5.41) is 13.7. The number of anilines is 2. The molecule has 0 spiro atoms. The van der Waals surface area contributed by atoms with E-state index < -0.39 is 16.7 Å². The minimum absolute atomic E-state index is 0.0773. The van der Waals surface area contributed by atoms with Gasteiger partial charge >= 0.3 is 0 Å². The maximum Gasteiger partial charge on any atom is 0.271 e. The highest BCUT2D eigenvalue weighted by Gasteiger charge is 2.35. The number of amides is 2. The zero-order valence-electron chi connectivity index (χ0n) is 14.6. The van der Waals surface area contributed by atoms with Gasteiger partial charge in [0.25, 0.3) is 5.69 Å². The van der Waals surface area contributed by atoms with Crippen LogP contribution in [0.2, 0.25) is 5.02 Å². The van der Waals surface area contributed by atoms with Crippen molar-refractivity contribution in [2.75, 3.05) is 16.8 Å². The number of nitrogens with one attached hydrogen (secondary N) is 1. The van der Waals surface area contributed by atoms with Gasteiger partial charge in [0, 0.05) is 30.8 Å². The third kappa shape index (κ3) is 4.09. The molecular weight excluding hydrogens is 370 g/mol. The van der Waals surface area contributed by atoms with Crippen LogP contribution < -0.4 is 10.2 Å². The van der Waals surface area contributed by atoms with Gasteiger partial charge in [0.2, 0.25) is 11.8 Å². The molecule has 1 fully saturated rings. The molecule has 1 N–H and O–H groups in total. The molecule has 0 radical (unpaired) electrons. The quantitative estimate of drug-likeness (QED) is 0.623. The van der Waals surface area contributed by atoms with Crippen molar-refractivity contribution in [3.8, 4) is 0 Å². The average Bonchev–Trinajstić information content (AvgIpc) is 3.05. The first-order valence-electron chi connectivity index (χ1n) is 8.53. The van der Waals surface area contributed by atoms with E-state index in [0.29, 0.717) is 0 Å². The van der Waals surface area contributed by atoms with Gasteiger partial charge < -0.3 is 10.2 Å². The summed E-state index contributed by atoms with van der Waals surface area (Å²) in [5.41, 5.74) is 1.91. The Kier molecular flexibility index (Phi) is 5.41. The van der Waals surface area contributed by atoms with E-state index in [1.165, 1.54) is 23.8 Å². The van der Waals surface area contributed by atoms with Crippen LogP contribution in [0.3, 0.4) is 0 Å². The van der Waals surface area contributed by atoms with Crippen molar-refractivity contribution in [1.29, 1.82) is 0 Å². The number of rotatable bonds is 5. The molecule has 0 aliphatic carbocycles. The third-order valence-electron chi connectivity index (χ3n) is 4.57. The topological polar surface area (TPSA) is 92.6 Å². The highest BCUT2D eigenvalue weighted by atomic mass is 35.5. The number of nitrogens with zero attached hydrogens (tertiary/aromatic N) is 2. The van der Waals surface area contributed by atoms with Gasteiger partial charge in [-0.1, -0.05) is 30.7 Å². The summed E-state index contributed by atoms with van der Waals surface area (Å²) in [4.78, 5) is 36.8. The molecule has 8 heteroatoms. The Morgan fingerprint density at radius 1 is 1.30 bits per heavy atom. The highest BCUT2D eigenvalue weighted by molar-refractivity contribution is 6.33. The van der Waals surface area contributed by atoms with E-state index in [1.807, 2.05) is 24.3 Å². The van der Waals surface area contributed by atoms with Crippen molar-refractivity contribution in [3.63, 3.8) is 0 Å². The van der Waals surface area contributed by atoms with Crippen molar-refractivity contribution < 1.29 is 14.5 Å². The van der Waals surface area contributed by atoms with E-state index in [0.717, 1.165) is 12.1 Å². The maximum atomic E-state index is 12.6. The van der Waals surface area contributed by atoms with Crippen molar-refractivity contribution in [2.45, 2.75) is 19.8 Å². The first-order chi connectivity index (χ1) is 12.9. The van der Waals surface area contributed by atoms with E-state index in [-0.39, 0.29) is 35.3 Å². The fourth-order valence-corrected chi connectivity index (χ4v) is 3.17. The normalized spacial score (nSPS) is 16.4. The molecule has 0 saturated carbocycles. The number of nitro benzene ring substituents is 1. The Labute approximate surface area is 161 Å². The first-order valence-corrected chi connectivity index (χ1v) is 8.91. The number of halogens is 1. The second-order valence-corrected chi connectivity index (χ2v) is 6.74. The molecular formula is C19H18ClN3O4. The number of non-ortho nitro benzene ring substituents is 1. The fraction of sp³-hybridized carbons (Fsp3) is 0.263. The molecule has 1 saturated heterocycles. The van der Waals surface area contributed by atoms with E-state index in [4.69, 9.17) is 11.6 Å². The standard InChI is InChI=1S/C19H18ClN3O4/c1-2-12-3-5-14(6-4-12)22-11-13(9-18(22)24)19(25)21-17-10-15(23(26)27)7-8-16(17)20/h3-8,10,13H,2,9,11H2,1H3,(H,21,25). The van der Waals surface area contributed by atoms with Crippen LogP contribution in [0.4, 0.5) is 17.1 Å².